The maximum absolute atomic E-state index is 6.13. The normalized spacial score (nSPS) is 26.9. The van der Waals surface area contributed by atoms with Gasteiger partial charge in [-0.05, 0) is 24.3 Å². The van der Waals surface area contributed by atoms with E-state index in [2.05, 4.69) is 63.1 Å². The fourth-order valence-corrected chi connectivity index (χ4v) is 2.65. The monoisotopic (exact) mass is 402 g/mol. The maximum atomic E-state index is 6.13. The first kappa shape index (κ1) is 21.7. The lowest BCUT2D eigenvalue weighted by atomic mass is 9.99. The molecule has 13 heteroatoms. The summed E-state index contributed by atoms with van der Waals surface area (Å²) in [6.07, 6.45) is 12.0. The van der Waals surface area contributed by atoms with Crippen LogP contribution in [0.25, 0.3) is 0 Å². The Morgan fingerprint density at radius 1 is 0.655 bits per heavy atom. The van der Waals surface area contributed by atoms with Gasteiger partial charge in [0.1, 0.15) is 11.5 Å². The molecule has 0 amide bonds. The van der Waals surface area contributed by atoms with Crippen molar-refractivity contribution in [3.63, 3.8) is 0 Å². The quantitative estimate of drug-likeness (QED) is 0.251. The highest BCUT2D eigenvalue weighted by molar-refractivity contribution is 5.28. The van der Waals surface area contributed by atoms with Crippen molar-refractivity contribution in [3.05, 3.63) is 48.0 Å². The zero-order valence-corrected chi connectivity index (χ0v) is 16.9. The number of rotatable bonds is 10. The predicted octanol–water partition coefficient (Wildman–Crippen LogP) is 2.43. The second-order valence-corrected chi connectivity index (χ2v) is 6.03. The van der Waals surface area contributed by atoms with Gasteiger partial charge in [-0.3, -0.25) is 21.7 Å². The summed E-state index contributed by atoms with van der Waals surface area (Å²) >= 11 is 0. The molecule has 0 spiro atoms. The van der Waals surface area contributed by atoms with E-state index in [1.165, 1.54) is 0 Å². The number of allylic oxidation sites excluding steroid dienone is 4. The van der Waals surface area contributed by atoms with Crippen LogP contribution in [-0.2, 0) is 4.74 Å². The van der Waals surface area contributed by atoms with Crippen molar-refractivity contribution >= 4 is 0 Å². The lowest BCUT2D eigenvalue weighted by Crippen LogP contribution is -2.53. The number of ether oxygens (including phenoxy) is 1. The Morgan fingerprint density at radius 2 is 1.00 bits per heavy atom. The fraction of sp³-hybridized carbons (Fsp3) is 0.500. The highest BCUT2D eigenvalue weighted by atomic mass is 16.5. The summed E-state index contributed by atoms with van der Waals surface area (Å²) in [5, 5.41) is 30.4. The van der Waals surface area contributed by atoms with Gasteiger partial charge in [0.2, 0.25) is 0 Å². The summed E-state index contributed by atoms with van der Waals surface area (Å²) < 4.78 is 6.13. The number of hydrogen-bond donors (Lipinski definition) is 4. The minimum Gasteiger partial charge on any atom is -0.466 e. The highest BCUT2D eigenvalue weighted by Gasteiger charge is 2.34. The van der Waals surface area contributed by atoms with Crippen LogP contribution in [0.4, 0.5) is 0 Å². The van der Waals surface area contributed by atoms with Crippen LogP contribution < -0.4 is 21.7 Å². The Kier molecular flexibility index (Phi) is 7.94. The van der Waals surface area contributed by atoms with Crippen molar-refractivity contribution < 1.29 is 4.74 Å². The van der Waals surface area contributed by atoms with Crippen molar-refractivity contribution in [1.29, 1.82) is 0 Å². The molecule has 0 heterocycles. The van der Waals surface area contributed by atoms with E-state index in [1.807, 2.05) is 36.5 Å². The van der Waals surface area contributed by atoms with Gasteiger partial charge in [0.25, 0.3) is 0 Å². The number of hydrogen-bond acceptors (Lipinski definition) is 9. The van der Waals surface area contributed by atoms with Crippen LogP contribution >= 0.6 is 0 Å². The summed E-state index contributed by atoms with van der Waals surface area (Å²) in [6.45, 7) is 0. The van der Waals surface area contributed by atoms with Crippen LogP contribution in [0.1, 0.15) is 12.8 Å². The van der Waals surface area contributed by atoms with Gasteiger partial charge in [-0.2, -0.15) is 20.5 Å². The van der Waals surface area contributed by atoms with E-state index in [0.717, 1.165) is 0 Å². The molecule has 0 saturated heterocycles. The molecule has 0 bridgehead atoms. The molecule has 0 fully saturated rings. The molecule has 0 atom stereocenters. The molecule has 2 aliphatic rings. The lowest BCUT2D eigenvalue weighted by molar-refractivity contribution is 0.196. The first-order valence-corrected chi connectivity index (χ1v) is 8.79. The Labute approximate surface area is 168 Å². The minimum atomic E-state index is -0.811. The third kappa shape index (κ3) is 6.19. The molecule has 156 valence electrons. The first-order chi connectivity index (χ1) is 14.1. The third-order valence-electron chi connectivity index (χ3n) is 3.89. The summed E-state index contributed by atoms with van der Waals surface area (Å²) in [5.74, 6) is 1.38. The average molecular weight is 402 g/mol. The molecule has 0 aromatic rings. The average Bonchev–Trinajstić information content (AvgIpc) is 2.74. The molecule has 0 aliphatic heterocycles. The van der Waals surface area contributed by atoms with Crippen LogP contribution in [0.3, 0.4) is 0 Å². The zero-order chi connectivity index (χ0) is 21.0. The molecule has 29 heavy (non-hydrogen) atoms. The standard InChI is InChI=1S/C16H26N12O/c1-17-25-21-15(22-26-18-2)9-5-7-13(11-15)29-14-8-6-10-16(12-14,23-27-19-3)24-28-20-4/h5-10H,11-12H2,1-4H3,(H,17,21)(H,18,22)(H,19,23)(H,20,24). The SMILES string of the molecule is CN=NNC1(NN=NC)C=CC=C(OC2=CC=CC(NN=NC)(NN=NC)C2)C1. The van der Waals surface area contributed by atoms with Gasteiger partial charge < -0.3 is 4.74 Å². The van der Waals surface area contributed by atoms with Gasteiger partial charge in [0.05, 0.1) is 41.0 Å². The topological polar surface area (TPSA) is 156 Å². The molecule has 0 unspecified atom stereocenters. The van der Waals surface area contributed by atoms with Crippen molar-refractivity contribution in [3.8, 4) is 0 Å². The molecular weight excluding hydrogens is 376 g/mol. The van der Waals surface area contributed by atoms with Gasteiger partial charge in [-0.1, -0.05) is 33.0 Å². The van der Waals surface area contributed by atoms with Gasteiger partial charge >= 0.3 is 0 Å². The molecule has 0 aromatic carbocycles. The smallest absolute Gasteiger partial charge is 0.168 e. The minimum absolute atomic E-state index is 0.416. The van der Waals surface area contributed by atoms with Gasteiger partial charge in [0, 0.05) is 0 Å². The van der Waals surface area contributed by atoms with Crippen LogP contribution in [0, 0.1) is 0 Å². The molecule has 0 radical (unpaired) electrons. The molecule has 4 N–H and O–H groups in total. The lowest BCUT2D eigenvalue weighted by Gasteiger charge is -2.34. The highest BCUT2D eigenvalue weighted by Crippen LogP contribution is 2.29. The third-order valence-corrected chi connectivity index (χ3v) is 3.89. The van der Waals surface area contributed by atoms with Crippen LogP contribution in [0.5, 0.6) is 0 Å². The largest absolute Gasteiger partial charge is 0.466 e. The van der Waals surface area contributed by atoms with Gasteiger partial charge in [-0.25, -0.2) is 0 Å². The van der Waals surface area contributed by atoms with E-state index in [-0.39, 0.29) is 0 Å². The molecule has 0 saturated carbocycles. The molecular formula is C16H26N12O. The molecule has 2 rings (SSSR count). The van der Waals surface area contributed by atoms with E-state index >= 15 is 0 Å². The van der Waals surface area contributed by atoms with Crippen molar-refractivity contribution in [2.45, 2.75) is 24.2 Å². The Hall–Kier alpha value is -3.64. The van der Waals surface area contributed by atoms with Crippen molar-refractivity contribution in [2.24, 2.45) is 41.4 Å². The maximum Gasteiger partial charge on any atom is 0.168 e. The molecule has 0 aromatic heterocycles. The Balaban J connectivity index is 2.13. The van der Waals surface area contributed by atoms with Gasteiger partial charge in [-0.15, -0.1) is 0 Å². The first-order valence-electron chi connectivity index (χ1n) is 8.79. The van der Waals surface area contributed by atoms with Crippen molar-refractivity contribution in [1.82, 2.24) is 21.7 Å². The number of nitrogens with one attached hydrogen (secondary N) is 4. The van der Waals surface area contributed by atoms with Crippen LogP contribution in [0.2, 0.25) is 0 Å². The van der Waals surface area contributed by atoms with E-state index in [9.17, 15) is 0 Å². The number of nitrogens with zero attached hydrogens (tertiary/aromatic N) is 8. The fourth-order valence-electron chi connectivity index (χ4n) is 2.65. The summed E-state index contributed by atoms with van der Waals surface area (Å²) in [5.41, 5.74) is 10.1. The Bertz CT molecular complexity index is 685. The second kappa shape index (κ2) is 10.6. The van der Waals surface area contributed by atoms with E-state index in [0.29, 0.717) is 24.4 Å². The molecule has 13 nitrogen and oxygen atoms in total. The zero-order valence-electron chi connectivity index (χ0n) is 16.9. The van der Waals surface area contributed by atoms with Gasteiger partial charge in [0.15, 0.2) is 11.3 Å². The second-order valence-electron chi connectivity index (χ2n) is 6.03. The van der Waals surface area contributed by atoms with Crippen molar-refractivity contribution in [2.75, 3.05) is 28.2 Å². The van der Waals surface area contributed by atoms with Crippen LogP contribution in [-0.4, -0.2) is 39.5 Å². The summed E-state index contributed by atoms with van der Waals surface area (Å²) in [7, 11) is 6.29. The Morgan fingerprint density at radius 3 is 1.31 bits per heavy atom. The van der Waals surface area contributed by atoms with E-state index < -0.39 is 11.3 Å². The van der Waals surface area contributed by atoms with E-state index in [4.69, 9.17) is 4.74 Å². The van der Waals surface area contributed by atoms with Crippen LogP contribution in [0.15, 0.2) is 89.3 Å². The molecule has 2 aliphatic carbocycles. The summed E-state index contributed by atoms with van der Waals surface area (Å²) in [6, 6.07) is 0. The predicted molar refractivity (Wildman–Crippen MR) is 106 cm³/mol. The van der Waals surface area contributed by atoms with E-state index in [1.54, 1.807) is 28.2 Å². The summed E-state index contributed by atoms with van der Waals surface area (Å²) in [4.78, 5) is 0.